The highest BCUT2D eigenvalue weighted by Crippen LogP contribution is 2.38. The van der Waals surface area contributed by atoms with E-state index in [1.165, 1.54) is 42.6 Å². The molecule has 0 saturated heterocycles. The zero-order chi connectivity index (χ0) is 9.97. The lowest BCUT2D eigenvalue weighted by atomic mass is 9.84. The lowest BCUT2D eigenvalue weighted by molar-refractivity contribution is 0.430. The van der Waals surface area contributed by atoms with Crippen molar-refractivity contribution in [3.05, 3.63) is 22.9 Å². The van der Waals surface area contributed by atoms with Crippen molar-refractivity contribution in [1.29, 1.82) is 0 Å². The van der Waals surface area contributed by atoms with Crippen LogP contribution in [0, 0.1) is 5.92 Å². The fourth-order valence-corrected chi connectivity index (χ4v) is 3.09. The molecule has 0 atom stereocenters. The summed E-state index contributed by atoms with van der Waals surface area (Å²) >= 11 is 1.73. The first-order valence-electron chi connectivity index (χ1n) is 5.31. The van der Waals surface area contributed by atoms with Crippen LogP contribution in [0.5, 0.6) is 0 Å². The molecule has 0 radical (unpaired) electrons. The SMILES string of the molecule is C=C(c1sccc1N)C1CCCCC1. The monoisotopic (exact) mass is 207 g/mol. The Kier molecular flexibility index (Phi) is 2.92. The van der Waals surface area contributed by atoms with Crippen molar-refractivity contribution in [2.75, 3.05) is 5.73 Å². The molecule has 0 spiro atoms. The predicted octanol–water partition coefficient (Wildman–Crippen LogP) is 3.92. The molecule has 0 unspecified atom stereocenters. The van der Waals surface area contributed by atoms with Crippen LogP contribution in [0.15, 0.2) is 18.0 Å². The Morgan fingerprint density at radius 2 is 2.07 bits per heavy atom. The van der Waals surface area contributed by atoms with Crippen molar-refractivity contribution in [3.63, 3.8) is 0 Å². The zero-order valence-electron chi connectivity index (χ0n) is 8.46. The number of thiophene rings is 1. The highest BCUT2D eigenvalue weighted by atomic mass is 32.1. The molecule has 1 fully saturated rings. The van der Waals surface area contributed by atoms with E-state index in [0.717, 1.165) is 5.69 Å². The number of hydrogen-bond donors (Lipinski definition) is 1. The molecule has 1 aromatic rings. The van der Waals surface area contributed by atoms with Gasteiger partial charge < -0.3 is 5.73 Å². The van der Waals surface area contributed by atoms with E-state index in [1.807, 2.05) is 6.07 Å². The minimum absolute atomic E-state index is 0.685. The van der Waals surface area contributed by atoms with Gasteiger partial charge in [0.25, 0.3) is 0 Å². The molecule has 0 amide bonds. The van der Waals surface area contributed by atoms with Gasteiger partial charge in [0.2, 0.25) is 0 Å². The summed E-state index contributed by atoms with van der Waals surface area (Å²) in [7, 11) is 0. The lowest BCUT2D eigenvalue weighted by Gasteiger charge is -2.23. The fourth-order valence-electron chi connectivity index (χ4n) is 2.22. The van der Waals surface area contributed by atoms with Crippen molar-refractivity contribution in [2.24, 2.45) is 5.92 Å². The summed E-state index contributed by atoms with van der Waals surface area (Å²) in [6, 6.07) is 1.98. The van der Waals surface area contributed by atoms with E-state index in [4.69, 9.17) is 5.73 Å². The molecule has 76 valence electrons. The molecule has 1 aliphatic rings. The third-order valence-corrected chi connectivity index (χ3v) is 4.09. The zero-order valence-corrected chi connectivity index (χ0v) is 9.28. The topological polar surface area (TPSA) is 26.0 Å². The Morgan fingerprint density at radius 1 is 1.36 bits per heavy atom. The second-order valence-electron chi connectivity index (χ2n) is 4.07. The normalized spacial score (nSPS) is 18.3. The molecule has 2 heteroatoms. The third-order valence-electron chi connectivity index (χ3n) is 3.09. The van der Waals surface area contributed by atoms with Crippen LogP contribution in [0.2, 0.25) is 0 Å². The molecule has 2 rings (SSSR count). The van der Waals surface area contributed by atoms with Gasteiger partial charge >= 0.3 is 0 Å². The molecule has 1 heterocycles. The Bertz CT molecular complexity index is 321. The molecular formula is C12H17NS. The highest BCUT2D eigenvalue weighted by molar-refractivity contribution is 7.11. The first kappa shape index (κ1) is 9.78. The number of hydrogen-bond acceptors (Lipinski definition) is 2. The van der Waals surface area contributed by atoms with Crippen LogP contribution in [0.1, 0.15) is 37.0 Å². The molecule has 1 nitrogen and oxygen atoms in total. The van der Waals surface area contributed by atoms with Gasteiger partial charge in [-0.3, -0.25) is 0 Å². The molecule has 14 heavy (non-hydrogen) atoms. The summed E-state index contributed by atoms with van der Waals surface area (Å²) in [5.74, 6) is 0.685. The maximum atomic E-state index is 5.90. The first-order valence-corrected chi connectivity index (χ1v) is 6.19. The molecular weight excluding hydrogens is 190 g/mol. The van der Waals surface area contributed by atoms with Gasteiger partial charge in [0, 0.05) is 5.69 Å². The van der Waals surface area contributed by atoms with E-state index in [0.29, 0.717) is 5.92 Å². The van der Waals surface area contributed by atoms with Crippen molar-refractivity contribution in [1.82, 2.24) is 0 Å². The summed E-state index contributed by atoms with van der Waals surface area (Å²) in [5, 5.41) is 2.05. The second-order valence-corrected chi connectivity index (χ2v) is 4.98. The fraction of sp³-hybridized carbons (Fsp3) is 0.500. The number of rotatable bonds is 2. The van der Waals surface area contributed by atoms with Crippen molar-refractivity contribution >= 4 is 22.6 Å². The first-order chi connectivity index (χ1) is 6.79. The van der Waals surface area contributed by atoms with Gasteiger partial charge in [0.1, 0.15) is 0 Å². The van der Waals surface area contributed by atoms with Gasteiger partial charge in [0.05, 0.1) is 4.88 Å². The van der Waals surface area contributed by atoms with Crippen LogP contribution in [0.3, 0.4) is 0 Å². The minimum atomic E-state index is 0.685. The van der Waals surface area contributed by atoms with E-state index in [-0.39, 0.29) is 0 Å². The summed E-state index contributed by atoms with van der Waals surface area (Å²) in [4.78, 5) is 1.22. The minimum Gasteiger partial charge on any atom is -0.398 e. The van der Waals surface area contributed by atoms with E-state index >= 15 is 0 Å². The predicted molar refractivity (Wildman–Crippen MR) is 64.3 cm³/mol. The quantitative estimate of drug-likeness (QED) is 0.781. The Labute approximate surface area is 89.6 Å². The van der Waals surface area contributed by atoms with E-state index in [9.17, 15) is 0 Å². The van der Waals surface area contributed by atoms with Crippen molar-refractivity contribution in [3.8, 4) is 0 Å². The summed E-state index contributed by atoms with van der Waals surface area (Å²) < 4.78 is 0. The van der Waals surface area contributed by atoms with Crippen LogP contribution in [-0.2, 0) is 0 Å². The number of anilines is 1. The van der Waals surface area contributed by atoms with Crippen LogP contribution in [0.4, 0.5) is 5.69 Å². The third kappa shape index (κ3) is 1.85. The average Bonchev–Trinajstić information content (AvgIpc) is 2.65. The van der Waals surface area contributed by atoms with Crippen LogP contribution in [0.25, 0.3) is 5.57 Å². The van der Waals surface area contributed by atoms with E-state index in [1.54, 1.807) is 11.3 Å². The average molecular weight is 207 g/mol. The Morgan fingerprint density at radius 3 is 2.64 bits per heavy atom. The van der Waals surface area contributed by atoms with E-state index < -0.39 is 0 Å². The van der Waals surface area contributed by atoms with Gasteiger partial charge in [-0.2, -0.15) is 0 Å². The lowest BCUT2D eigenvalue weighted by Crippen LogP contribution is -2.07. The van der Waals surface area contributed by atoms with Gasteiger partial charge in [-0.25, -0.2) is 0 Å². The van der Waals surface area contributed by atoms with Crippen LogP contribution >= 0.6 is 11.3 Å². The molecule has 0 aliphatic heterocycles. The standard InChI is InChI=1S/C12H17NS/c1-9(10-5-3-2-4-6-10)12-11(13)7-8-14-12/h7-8,10H,1-6,13H2. The van der Waals surface area contributed by atoms with Gasteiger partial charge in [0.15, 0.2) is 0 Å². The van der Waals surface area contributed by atoms with Gasteiger partial charge in [-0.1, -0.05) is 25.8 Å². The summed E-state index contributed by atoms with van der Waals surface area (Å²) in [6.45, 7) is 4.21. The second kappa shape index (κ2) is 4.18. The smallest absolute Gasteiger partial charge is 0.0528 e. The molecule has 0 bridgehead atoms. The Hall–Kier alpha value is -0.760. The summed E-state index contributed by atoms with van der Waals surface area (Å²) in [5.41, 5.74) is 8.08. The summed E-state index contributed by atoms with van der Waals surface area (Å²) in [6.07, 6.45) is 6.71. The maximum Gasteiger partial charge on any atom is 0.0528 e. The highest BCUT2D eigenvalue weighted by Gasteiger charge is 2.19. The molecule has 1 aliphatic carbocycles. The molecule has 1 aromatic heterocycles. The van der Waals surface area contributed by atoms with E-state index in [2.05, 4.69) is 12.0 Å². The molecule has 1 saturated carbocycles. The number of nitrogens with two attached hydrogens (primary N) is 1. The van der Waals surface area contributed by atoms with Crippen LogP contribution < -0.4 is 5.73 Å². The van der Waals surface area contributed by atoms with Crippen LogP contribution in [-0.4, -0.2) is 0 Å². The van der Waals surface area contributed by atoms with Gasteiger partial charge in [-0.15, -0.1) is 11.3 Å². The molecule has 0 aromatic carbocycles. The van der Waals surface area contributed by atoms with Gasteiger partial charge in [-0.05, 0) is 35.8 Å². The maximum absolute atomic E-state index is 5.90. The largest absolute Gasteiger partial charge is 0.398 e. The molecule has 2 N–H and O–H groups in total. The van der Waals surface area contributed by atoms with Crippen molar-refractivity contribution in [2.45, 2.75) is 32.1 Å². The Balaban J connectivity index is 2.11. The number of allylic oxidation sites excluding steroid dienone is 1. The van der Waals surface area contributed by atoms with Crippen molar-refractivity contribution < 1.29 is 0 Å². The number of nitrogen functional groups attached to an aromatic ring is 1.